The van der Waals surface area contributed by atoms with E-state index in [1.165, 1.54) is 12.1 Å². The number of carboxylic acid groups (broad SMARTS) is 1. The third kappa shape index (κ3) is 5.31. The number of nitrogens with zero attached hydrogens (tertiary/aromatic N) is 3. The van der Waals surface area contributed by atoms with Gasteiger partial charge >= 0.3 is 12.1 Å². The van der Waals surface area contributed by atoms with Gasteiger partial charge in [-0.15, -0.1) is 0 Å². The Morgan fingerprint density at radius 3 is 2.33 bits per heavy atom. The van der Waals surface area contributed by atoms with Gasteiger partial charge in [-0.2, -0.15) is 18.2 Å². The molecule has 0 aliphatic rings. The summed E-state index contributed by atoms with van der Waals surface area (Å²) >= 11 is 0. The quantitative estimate of drug-likeness (QED) is 0.324. The number of aromatic nitrogens is 2. The van der Waals surface area contributed by atoms with Crippen LogP contribution in [0.4, 0.5) is 13.2 Å². The predicted octanol–water partition coefficient (Wildman–Crippen LogP) is 6.30. The first-order valence-corrected chi connectivity index (χ1v) is 11.2. The van der Waals surface area contributed by atoms with Crippen LogP contribution in [0.5, 0.6) is 0 Å². The summed E-state index contributed by atoms with van der Waals surface area (Å²) in [5.41, 5.74) is 2.23. The summed E-state index contributed by atoms with van der Waals surface area (Å²) in [6.07, 6.45) is -4.57. The summed E-state index contributed by atoms with van der Waals surface area (Å²) in [5.74, 6) is -0.694. The molecule has 1 atom stereocenters. The fraction of sp³-hybridized carbons (Fsp3) is 0.222. The highest BCUT2D eigenvalue weighted by molar-refractivity contribution is 5.75. The molecule has 9 heteroatoms. The molecular formula is C27H24F3N3O3. The molecule has 0 amide bonds. The van der Waals surface area contributed by atoms with E-state index in [2.05, 4.69) is 10.1 Å². The minimum Gasteiger partial charge on any atom is -0.480 e. The molecule has 1 N–H and O–H groups in total. The molecule has 1 heterocycles. The van der Waals surface area contributed by atoms with E-state index in [0.29, 0.717) is 17.7 Å². The van der Waals surface area contributed by atoms with Gasteiger partial charge in [-0.3, -0.25) is 9.69 Å². The van der Waals surface area contributed by atoms with Crippen LogP contribution in [-0.4, -0.2) is 39.2 Å². The maximum absolute atomic E-state index is 14.0. The summed E-state index contributed by atoms with van der Waals surface area (Å²) in [5, 5.41) is 13.1. The lowest BCUT2D eigenvalue weighted by Crippen LogP contribution is -2.35. The van der Waals surface area contributed by atoms with Gasteiger partial charge in [0.2, 0.25) is 5.82 Å². The number of likely N-dealkylation sites (N-methyl/N-ethyl adjacent to an activating group) is 1. The molecule has 186 valence electrons. The predicted molar refractivity (Wildman–Crippen MR) is 129 cm³/mol. The monoisotopic (exact) mass is 495 g/mol. The van der Waals surface area contributed by atoms with Crippen LogP contribution in [0, 0.1) is 6.92 Å². The number of benzene rings is 3. The smallest absolute Gasteiger partial charge is 0.417 e. The van der Waals surface area contributed by atoms with Gasteiger partial charge in [0.25, 0.3) is 5.89 Å². The highest BCUT2D eigenvalue weighted by Gasteiger charge is 2.34. The number of hydrogen-bond donors (Lipinski definition) is 1. The lowest BCUT2D eigenvalue weighted by molar-refractivity contribution is -0.142. The Morgan fingerprint density at radius 2 is 1.69 bits per heavy atom. The van der Waals surface area contributed by atoms with Gasteiger partial charge in [-0.1, -0.05) is 59.8 Å². The van der Waals surface area contributed by atoms with E-state index in [1.54, 1.807) is 62.2 Å². The van der Waals surface area contributed by atoms with Gasteiger partial charge in [-0.25, -0.2) is 0 Å². The molecule has 0 aliphatic carbocycles. The maximum Gasteiger partial charge on any atom is 0.417 e. The van der Waals surface area contributed by atoms with E-state index in [-0.39, 0.29) is 22.8 Å². The average Bonchev–Trinajstić information content (AvgIpc) is 3.34. The molecule has 3 aromatic carbocycles. The van der Waals surface area contributed by atoms with E-state index in [9.17, 15) is 18.0 Å². The minimum absolute atomic E-state index is 0.0223. The van der Waals surface area contributed by atoms with Gasteiger partial charge in [-0.05, 0) is 55.3 Å². The number of rotatable bonds is 7. The molecule has 4 rings (SSSR count). The normalized spacial score (nSPS) is 12.6. The average molecular weight is 496 g/mol. The van der Waals surface area contributed by atoms with Crippen molar-refractivity contribution in [3.05, 3.63) is 83.4 Å². The molecule has 6 nitrogen and oxygen atoms in total. The molecule has 0 saturated carbocycles. The van der Waals surface area contributed by atoms with Crippen LogP contribution in [-0.2, 0) is 17.5 Å². The summed E-state index contributed by atoms with van der Waals surface area (Å²) in [6.45, 7) is 3.80. The number of hydrogen-bond acceptors (Lipinski definition) is 5. The Balaban J connectivity index is 1.60. The van der Waals surface area contributed by atoms with Gasteiger partial charge in [0.05, 0.1) is 5.56 Å². The lowest BCUT2D eigenvalue weighted by Gasteiger charge is -2.21. The van der Waals surface area contributed by atoms with Crippen LogP contribution in [0.3, 0.4) is 0 Å². The second-order valence-electron chi connectivity index (χ2n) is 8.62. The van der Waals surface area contributed by atoms with Crippen LogP contribution in [0.1, 0.15) is 23.6 Å². The molecule has 0 aliphatic heterocycles. The largest absolute Gasteiger partial charge is 0.480 e. The van der Waals surface area contributed by atoms with Crippen molar-refractivity contribution < 1.29 is 27.6 Å². The topological polar surface area (TPSA) is 79.5 Å². The van der Waals surface area contributed by atoms with Crippen LogP contribution < -0.4 is 0 Å². The Labute approximate surface area is 206 Å². The Kier molecular flexibility index (Phi) is 6.94. The molecule has 4 aromatic rings. The van der Waals surface area contributed by atoms with E-state index >= 15 is 0 Å². The van der Waals surface area contributed by atoms with Gasteiger partial charge in [0.15, 0.2) is 0 Å². The molecule has 0 bridgehead atoms. The molecular weight excluding hydrogens is 471 g/mol. The van der Waals surface area contributed by atoms with E-state index < -0.39 is 23.8 Å². The third-order valence-electron chi connectivity index (χ3n) is 6.10. The van der Waals surface area contributed by atoms with Crippen molar-refractivity contribution in [2.24, 2.45) is 0 Å². The van der Waals surface area contributed by atoms with Crippen LogP contribution in [0.25, 0.3) is 34.0 Å². The summed E-state index contributed by atoms with van der Waals surface area (Å²) in [7, 11) is 1.72. The highest BCUT2D eigenvalue weighted by atomic mass is 19.4. The molecule has 1 aromatic heterocycles. The van der Waals surface area contributed by atoms with Crippen molar-refractivity contribution in [3.63, 3.8) is 0 Å². The number of aryl methyl sites for hydroxylation is 1. The number of carbonyl (C=O) groups is 1. The third-order valence-corrected chi connectivity index (χ3v) is 6.10. The molecule has 0 radical (unpaired) electrons. The standard InChI is InChI=1S/C27H24F3N3O3/c1-16-6-4-5-7-21(16)22-13-12-20(14-23(22)27(28,29)30)25-31-24(32-36-25)19-10-8-18(9-11-19)15-33(3)17(2)26(34)35/h4-14,17H,15H2,1-3H3,(H,34,35)/t17-/m0/s1. The molecule has 0 unspecified atom stereocenters. The highest BCUT2D eigenvalue weighted by Crippen LogP contribution is 2.40. The second-order valence-corrected chi connectivity index (χ2v) is 8.62. The van der Waals surface area contributed by atoms with E-state index in [1.807, 2.05) is 12.1 Å². The van der Waals surface area contributed by atoms with Crippen molar-refractivity contribution in [1.29, 1.82) is 0 Å². The van der Waals surface area contributed by atoms with Crippen molar-refractivity contribution in [2.45, 2.75) is 32.6 Å². The zero-order chi connectivity index (χ0) is 26.0. The van der Waals surface area contributed by atoms with Crippen LogP contribution >= 0.6 is 0 Å². The minimum atomic E-state index is -4.57. The molecule has 0 spiro atoms. The zero-order valence-corrected chi connectivity index (χ0v) is 19.9. The summed E-state index contributed by atoms with van der Waals surface area (Å²) in [6, 6.07) is 17.4. The Hall–Kier alpha value is -3.98. The SMILES string of the molecule is Cc1ccccc1-c1ccc(-c2nc(-c3ccc(CN(C)[C@@H](C)C(=O)O)cc3)no2)cc1C(F)(F)F. The van der Waals surface area contributed by atoms with Crippen molar-refractivity contribution in [2.75, 3.05) is 7.05 Å². The molecule has 0 fully saturated rings. The van der Waals surface area contributed by atoms with Crippen LogP contribution in [0.2, 0.25) is 0 Å². The fourth-order valence-electron chi connectivity index (χ4n) is 3.85. The molecule has 36 heavy (non-hydrogen) atoms. The van der Waals surface area contributed by atoms with E-state index in [0.717, 1.165) is 17.2 Å². The maximum atomic E-state index is 14.0. The number of halogens is 3. The summed E-state index contributed by atoms with van der Waals surface area (Å²) in [4.78, 5) is 17.1. The number of aliphatic carboxylic acids is 1. The van der Waals surface area contributed by atoms with Gasteiger partial charge in [0, 0.05) is 17.7 Å². The van der Waals surface area contributed by atoms with Crippen molar-refractivity contribution in [1.82, 2.24) is 15.0 Å². The molecule has 0 saturated heterocycles. The van der Waals surface area contributed by atoms with Gasteiger partial charge in [0.1, 0.15) is 6.04 Å². The zero-order valence-electron chi connectivity index (χ0n) is 19.9. The second kappa shape index (κ2) is 9.94. The number of alkyl halides is 3. The first-order valence-electron chi connectivity index (χ1n) is 11.2. The first kappa shape index (κ1) is 25.1. The van der Waals surface area contributed by atoms with Crippen LogP contribution in [0.15, 0.2) is 71.3 Å². The number of carboxylic acids is 1. The van der Waals surface area contributed by atoms with Gasteiger partial charge < -0.3 is 9.63 Å². The van der Waals surface area contributed by atoms with Crippen molar-refractivity contribution >= 4 is 5.97 Å². The van der Waals surface area contributed by atoms with E-state index in [4.69, 9.17) is 9.63 Å². The Bertz CT molecular complexity index is 1380. The summed E-state index contributed by atoms with van der Waals surface area (Å²) < 4.78 is 47.1. The van der Waals surface area contributed by atoms with Crippen molar-refractivity contribution in [3.8, 4) is 34.0 Å². The Morgan fingerprint density at radius 1 is 1.03 bits per heavy atom. The lowest BCUT2D eigenvalue weighted by atomic mass is 9.94. The fourth-order valence-corrected chi connectivity index (χ4v) is 3.85. The first-order chi connectivity index (χ1) is 17.0.